The van der Waals surface area contributed by atoms with E-state index in [4.69, 9.17) is 0 Å². The van der Waals surface area contributed by atoms with Crippen molar-refractivity contribution in [3.05, 3.63) is 83.8 Å². The molecule has 0 aliphatic carbocycles. The van der Waals surface area contributed by atoms with Gasteiger partial charge in [-0.15, -0.1) is 0 Å². The molecule has 0 unspecified atom stereocenters. The lowest BCUT2D eigenvalue weighted by Crippen LogP contribution is -2.44. The Morgan fingerprint density at radius 1 is 1.12 bits per heavy atom. The number of carbonyl (C=O) groups excluding carboxylic acids is 2. The Bertz CT molecular complexity index is 1390. The molecule has 1 aromatic heterocycles. The second kappa shape index (κ2) is 12.2. The van der Waals surface area contributed by atoms with Crippen LogP contribution in [0.15, 0.2) is 61.3 Å². The van der Waals surface area contributed by atoms with Crippen LogP contribution in [-0.2, 0) is 11.0 Å². The predicted octanol–water partition coefficient (Wildman–Crippen LogP) is 5.22. The van der Waals surface area contributed by atoms with Crippen molar-refractivity contribution in [3.8, 4) is 0 Å². The lowest BCUT2D eigenvalue weighted by Gasteiger charge is -2.29. The van der Waals surface area contributed by atoms with Crippen LogP contribution in [-0.4, -0.2) is 56.0 Å². The highest BCUT2D eigenvalue weighted by molar-refractivity contribution is 6.01. The maximum absolute atomic E-state index is 14.3. The van der Waals surface area contributed by atoms with Gasteiger partial charge in [-0.3, -0.25) is 14.1 Å². The molecule has 2 amide bonds. The van der Waals surface area contributed by atoms with Gasteiger partial charge in [-0.1, -0.05) is 6.58 Å². The third-order valence-corrected chi connectivity index (χ3v) is 6.24. The number of rotatable bonds is 10. The average Bonchev–Trinajstić information content (AvgIpc) is 2.91. The summed E-state index contributed by atoms with van der Waals surface area (Å²) in [7, 11) is 5.34. The SMILES string of the molecule is C=CC(=O)N(C)c1cc(Nc2ncc(C)c([N+](C)(C)CCCNC(=O)c3ccc(C(F)(F)F)cc3)n2)ccc1F. The minimum Gasteiger partial charge on any atom is -0.352 e. The number of carbonyl (C=O) groups is 2. The van der Waals surface area contributed by atoms with E-state index in [1.165, 1.54) is 25.2 Å². The quantitative estimate of drug-likeness (QED) is 0.154. The van der Waals surface area contributed by atoms with Crippen LogP contribution in [0, 0.1) is 12.7 Å². The largest absolute Gasteiger partial charge is 0.416 e. The fourth-order valence-corrected chi connectivity index (χ4v) is 4.03. The van der Waals surface area contributed by atoms with Crippen LogP contribution < -0.4 is 20.0 Å². The van der Waals surface area contributed by atoms with Gasteiger partial charge in [0.25, 0.3) is 5.91 Å². The lowest BCUT2D eigenvalue weighted by molar-refractivity contribution is -0.137. The van der Waals surface area contributed by atoms with Gasteiger partial charge in [0.05, 0.1) is 31.9 Å². The highest BCUT2D eigenvalue weighted by Gasteiger charge is 2.30. The summed E-state index contributed by atoms with van der Waals surface area (Å²) in [5.74, 6) is -0.496. The summed E-state index contributed by atoms with van der Waals surface area (Å²) >= 11 is 0. The molecule has 3 rings (SSSR count). The number of benzene rings is 2. The smallest absolute Gasteiger partial charge is 0.352 e. The Morgan fingerprint density at radius 2 is 1.80 bits per heavy atom. The van der Waals surface area contributed by atoms with Crippen molar-refractivity contribution in [2.24, 2.45) is 0 Å². The second-order valence-corrected chi connectivity index (χ2v) is 9.69. The Morgan fingerprint density at radius 3 is 2.42 bits per heavy atom. The predicted molar refractivity (Wildman–Crippen MR) is 147 cm³/mol. The Labute approximate surface area is 229 Å². The van der Waals surface area contributed by atoms with Crippen LogP contribution in [0.4, 0.5) is 40.7 Å². The molecule has 0 saturated heterocycles. The molecule has 40 heavy (non-hydrogen) atoms. The van der Waals surface area contributed by atoms with Gasteiger partial charge in [0.15, 0.2) is 0 Å². The number of alkyl halides is 3. The van der Waals surface area contributed by atoms with Crippen molar-refractivity contribution in [2.75, 3.05) is 44.4 Å². The molecule has 0 bridgehead atoms. The summed E-state index contributed by atoms with van der Waals surface area (Å²) in [6.07, 6.45) is -1.14. The summed E-state index contributed by atoms with van der Waals surface area (Å²) in [6.45, 7) is 6.19. The molecule has 0 radical (unpaired) electrons. The number of likely N-dealkylation sites (N-methyl/N-ethyl adjacent to an activating group) is 1. The molecule has 2 aromatic carbocycles. The monoisotopic (exact) mass is 559 g/mol. The van der Waals surface area contributed by atoms with Crippen LogP contribution in [0.2, 0.25) is 0 Å². The molecule has 1 heterocycles. The zero-order valence-corrected chi connectivity index (χ0v) is 22.6. The van der Waals surface area contributed by atoms with Crippen LogP contribution in [0.1, 0.15) is 27.9 Å². The van der Waals surface area contributed by atoms with Gasteiger partial charge in [-0.05, 0) is 55.5 Å². The van der Waals surface area contributed by atoms with E-state index in [2.05, 4.69) is 27.2 Å². The lowest BCUT2D eigenvalue weighted by atomic mass is 10.1. The number of hydrogen-bond acceptors (Lipinski definition) is 5. The van der Waals surface area contributed by atoms with E-state index < -0.39 is 29.4 Å². The molecular weight excluding hydrogens is 528 g/mol. The number of aromatic nitrogens is 2. The van der Waals surface area contributed by atoms with E-state index in [1.807, 2.05) is 21.0 Å². The first kappa shape index (κ1) is 30.2. The minimum absolute atomic E-state index is 0.0664. The number of halogens is 4. The third kappa shape index (κ3) is 7.41. The number of nitrogens with zero attached hydrogens (tertiary/aromatic N) is 4. The first-order valence-electron chi connectivity index (χ1n) is 12.3. The summed E-state index contributed by atoms with van der Waals surface area (Å²) in [5, 5.41) is 5.78. The normalized spacial score (nSPS) is 11.6. The van der Waals surface area contributed by atoms with Gasteiger partial charge in [0.1, 0.15) is 5.82 Å². The first-order valence-corrected chi connectivity index (χ1v) is 12.3. The Kier molecular flexibility index (Phi) is 9.25. The van der Waals surface area contributed by atoms with Gasteiger partial charge in [-0.25, -0.2) is 9.37 Å². The molecule has 0 atom stereocenters. The van der Waals surface area contributed by atoms with E-state index in [0.717, 1.165) is 40.8 Å². The first-order chi connectivity index (χ1) is 18.7. The number of hydrogen-bond donors (Lipinski definition) is 2. The van der Waals surface area contributed by atoms with Crippen molar-refractivity contribution in [2.45, 2.75) is 19.5 Å². The molecule has 212 valence electrons. The van der Waals surface area contributed by atoms with Gasteiger partial charge in [0, 0.05) is 43.0 Å². The van der Waals surface area contributed by atoms with Crippen molar-refractivity contribution >= 4 is 35.0 Å². The average molecular weight is 560 g/mol. The van der Waals surface area contributed by atoms with E-state index in [-0.39, 0.29) is 17.2 Å². The fraction of sp³-hybridized carbons (Fsp3) is 0.286. The van der Waals surface area contributed by atoms with E-state index in [1.54, 1.807) is 6.20 Å². The zero-order chi connectivity index (χ0) is 29.7. The van der Waals surface area contributed by atoms with Crippen molar-refractivity contribution < 1.29 is 27.2 Å². The van der Waals surface area contributed by atoms with Crippen LogP contribution >= 0.6 is 0 Å². The van der Waals surface area contributed by atoms with E-state index in [9.17, 15) is 27.2 Å². The number of quaternary nitrogens is 1. The molecule has 0 spiro atoms. The summed E-state index contributed by atoms with van der Waals surface area (Å²) in [4.78, 5) is 34.4. The fourth-order valence-electron chi connectivity index (χ4n) is 4.03. The summed E-state index contributed by atoms with van der Waals surface area (Å²) < 4.78 is 52.9. The molecule has 3 aromatic rings. The third-order valence-electron chi connectivity index (χ3n) is 6.24. The molecule has 0 aliphatic rings. The molecule has 8 nitrogen and oxygen atoms in total. The Hall–Kier alpha value is -4.32. The van der Waals surface area contributed by atoms with Crippen LogP contribution in [0.3, 0.4) is 0 Å². The zero-order valence-electron chi connectivity index (χ0n) is 22.6. The van der Waals surface area contributed by atoms with Crippen molar-refractivity contribution in [3.63, 3.8) is 0 Å². The maximum Gasteiger partial charge on any atom is 0.416 e. The standard InChI is InChI=1S/C28H30F4N6O2/c1-6-24(39)37(3)23-16-21(12-13-22(23)29)35-27-34-17-18(2)25(36-27)38(4,5)15-7-14-33-26(40)19-8-10-20(11-9-19)28(30,31)32/h6,8-13,16-17H,1,7,14-15H2,2-5H3,(H-,33,34,35,36,40)/p+1. The highest BCUT2D eigenvalue weighted by atomic mass is 19.4. The minimum atomic E-state index is -4.46. The van der Waals surface area contributed by atoms with Gasteiger partial charge in [-0.2, -0.15) is 18.2 Å². The maximum atomic E-state index is 14.3. The van der Waals surface area contributed by atoms with Gasteiger partial charge < -0.3 is 15.5 Å². The van der Waals surface area contributed by atoms with Crippen molar-refractivity contribution in [1.29, 1.82) is 0 Å². The van der Waals surface area contributed by atoms with E-state index >= 15 is 0 Å². The Balaban J connectivity index is 1.64. The summed E-state index contributed by atoms with van der Waals surface area (Å²) in [5.41, 5.74) is 0.712. The van der Waals surface area contributed by atoms with E-state index in [0.29, 0.717) is 35.5 Å². The van der Waals surface area contributed by atoms with Crippen molar-refractivity contribution in [1.82, 2.24) is 19.8 Å². The second-order valence-electron chi connectivity index (χ2n) is 9.69. The highest BCUT2D eigenvalue weighted by Crippen LogP contribution is 2.29. The number of amides is 2. The molecule has 0 fully saturated rings. The molecule has 0 saturated carbocycles. The molecule has 0 aliphatic heterocycles. The topological polar surface area (TPSA) is 87.2 Å². The van der Waals surface area contributed by atoms with Gasteiger partial charge >= 0.3 is 6.18 Å². The number of nitrogens with one attached hydrogen (secondary N) is 2. The number of anilines is 3. The van der Waals surface area contributed by atoms with Crippen LogP contribution in [0.25, 0.3) is 0 Å². The van der Waals surface area contributed by atoms with Crippen LogP contribution in [0.5, 0.6) is 0 Å². The van der Waals surface area contributed by atoms with Gasteiger partial charge in [0.2, 0.25) is 17.7 Å². The number of aryl methyl sites for hydroxylation is 1. The molecular formula is C28H31F4N6O2+. The summed E-state index contributed by atoms with van der Waals surface area (Å²) in [6, 6.07) is 8.27. The molecule has 12 heteroatoms. The molecule has 2 N–H and O–H groups in total.